The topological polar surface area (TPSA) is 26.0 Å². The lowest BCUT2D eigenvalue weighted by Crippen LogP contribution is -2.42. The van der Waals surface area contributed by atoms with Crippen LogP contribution in [0.2, 0.25) is 5.54 Å². The fourth-order valence-electron chi connectivity index (χ4n) is 1.06. The Kier molecular flexibility index (Phi) is 2.85. The van der Waals surface area contributed by atoms with Gasteiger partial charge in [-0.15, -0.1) is 0 Å². The van der Waals surface area contributed by atoms with Crippen LogP contribution in [0.3, 0.4) is 0 Å². The third kappa shape index (κ3) is 2.17. The minimum absolute atomic E-state index is 0.650. The molecular weight excluding hydrogens is 150 g/mol. The Labute approximate surface area is 69.9 Å². The van der Waals surface area contributed by atoms with Crippen molar-refractivity contribution < 1.29 is 0 Å². The molecule has 0 spiro atoms. The fourth-order valence-corrected chi connectivity index (χ4v) is 2.50. The molecule has 2 N–H and O–H groups in total. The molecule has 1 unspecified atom stereocenters. The van der Waals surface area contributed by atoms with Gasteiger partial charge in [-0.3, -0.25) is 0 Å². The quantitative estimate of drug-likeness (QED) is 0.650. The summed E-state index contributed by atoms with van der Waals surface area (Å²) in [6, 6.07) is 10.4. The van der Waals surface area contributed by atoms with Gasteiger partial charge in [-0.2, -0.15) is 0 Å². The van der Waals surface area contributed by atoms with Crippen molar-refractivity contribution in [1.82, 2.24) is 0 Å². The number of nitrogens with two attached hydrogens (primary N) is 1. The molecule has 1 atom stereocenters. The van der Waals surface area contributed by atoms with E-state index >= 15 is 0 Å². The molecule has 1 aromatic rings. The van der Waals surface area contributed by atoms with E-state index in [0.717, 1.165) is 0 Å². The van der Waals surface area contributed by atoms with Gasteiger partial charge in [-0.1, -0.05) is 44.2 Å². The smallest absolute Gasteiger partial charge is 0.141 e. The summed E-state index contributed by atoms with van der Waals surface area (Å²) in [6.45, 7) is 4.40. The fraction of sp³-hybridized carbons (Fsp3) is 0.333. The highest BCUT2D eigenvalue weighted by Crippen LogP contribution is 2.01. The maximum atomic E-state index is 6.08. The third-order valence-corrected chi connectivity index (χ3v) is 4.49. The van der Waals surface area contributed by atoms with E-state index in [1.54, 1.807) is 0 Å². The average Bonchev–Trinajstić information content (AvgIpc) is 2.05. The van der Waals surface area contributed by atoms with Crippen LogP contribution in [0.25, 0.3) is 0 Å². The Morgan fingerprint density at radius 3 is 2.18 bits per heavy atom. The van der Waals surface area contributed by atoms with Crippen molar-refractivity contribution in [2.45, 2.75) is 19.4 Å². The first-order valence-corrected chi connectivity index (χ1v) is 5.93. The van der Waals surface area contributed by atoms with Gasteiger partial charge in [0.25, 0.3) is 0 Å². The van der Waals surface area contributed by atoms with Gasteiger partial charge < -0.3 is 5.40 Å². The highest BCUT2D eigenvalue weighted by Gasteiger charge is 2.10. The van der Waals surface area contributed by atoms with E-state index in [2.05, 4.69) is 38.1 Å². The second-order valence-corrected chi connectivity index (χ2v) is 6.23. The highest BCUT2D eigenvalue weighted by atomic mass is 28.3. The Morgan fingerprint density at radius 2 is 1.73 bits per heavy atom. The Bertz CT molecular complexity index is 208. The molecule has 0 aliphatic rings. The van der Waals surface area contributed by atoms with Crippen LogP contribution in [-0.2, 0) is 0 Å². The van der Waals surface area contributed by atoms with Crippen molar-refractivity contribution >= 4 is 14.1 Å². The molecule has 60 valence electrons. The van der Waals surface area contributed by atoms with Crippen molar-refractivity contribution in [1.29, 1.82) is 0 Å². The number of hydrogen-bond acceptors (Lipinski definition) is 1. The van der Waals surface area contributed by atoms with E-state index in [-0.39, 0.29) is 0 Å². The molecule has 0 saturated heterocycles. The molecule has 0 heterocycles. The molecule has 0 saturated carbocycles. The lowest BCUT2D eigenvalue weighted by molar-refractivity contribution is 1.04. The zero-order valence-electron chi connectivity index (χ0n) is 7.12. The van der Waals surface area contributed by atoms with Gasteiger partial charge in [0.2, 0.25) is 0 Å². The SMILES string of the molecule is CC(C)[SiH](N)c1ccccc1. The molecular formula is C9H15NSi. The molecule has 2 heteroatoms. The van der Waals surface area contributed by atoms with E-state index < -0.39 is 8.96 Å². The minimum Gasteiger partial charge on any atom is -0.350 e. The first-order chi connectivity index (χ1) is 5.22. The van der Waals surface area contributed by atoms with Gasteiger partial charge in [0.1, 0.15) is 8.96 Å². The van der Waals surface area contributed by atoms with Crippen molar-refractivity contribution in [3.63, 3.8) is 0 Å². The van der Waals surface area contributed by atoms with Crippen LogP contribution in [0.5, 0.6) is 0 Å². The normalized spacial score (nSPS) is 13.5. The highest BCUT2D eigenvalue weighted by molar-refractivity contribution is 6.71. The molecule has 0 aromatic heterocycles. The average molecular weight is 165 g/mol. The largest absolute Gasteiger partial charge is 0.350 e. The van der Waals surface area contributed by atoms with E-state index in [4.69, 9.17) is 5.40 Å². The van der Waals surface area contributed by atoms with Crippen molar-refractivity contribution in [2.24, 2.45) is 5.40 Å². The van der Waals surface area contributed by atoms with Crippen LogP contribution in [0, 0.1) is 0 Å². The summed E-state index contributed by atoms with van der Waals surface area (Å²) in [4.78, 5) is 0. The molecule has 0 fully saturated rings. The standard InChI is InChI=1S/C9H15NSi/c1-8(2)11(10)9-6-4-3-5-7-9/h3-8,11H,10H2,1-2H3. The summed E-state index contributed by atoms with van der Waals surface area (Å²) in [5, 5.41) is 7.44. The van der Waals surface area contributed by atoms with Crippen molar-refractivity contribution in [2.75, 3.05) is 0 Å². The van der Waals surface area contributed by atoms with Gasteiger partial charge in [0.05, 0.1) is 0 Å². The van der Waals surface area contributed by atoms with E-state index in [0.29, 0.717) is 5.54 Å². The number of benzene rings is 1. The van der Waals surface area contributed by atoms with Crippen molar-refractivity contribution in [3.8, 4) is 0 Å². The Morgan fingerprint density at radius 1 is 1.18 bits per heavy atom. The van der Waals surface area contributed by atoms with Crippen LogP contribution in [0.1, 0.15) is 13.8 Å². The summed E-state index contributed by atoms with van der Waals surface area (Å²) in [5.74, 6) is 0. The Balaban J connectivity index is 2.77. The first kappa shape index (κ1) is 8.49. The minimum atomic E-state index is -1.13. The zero-order chi connectivity index (χ0) is 8.27. The van der Waals surface area contributed by atoms with E-state index in [1.807, 2.05) is 6.07 Å². The summed E-state index contributed by atoms with van der Waals surface area (Å²) in [6.07, 6.45) is 0. The van der Waals surface area contributed by atoms with Gasteiger partial charge in [0.15, 0.2) is 0 Å². The molecule has 0 aliphatic carbocycles. The Hall–Kier alpha value is -0.603. The first-order valence-electron chi connectivity index (χ1n) is 4.02. The lowest BCUT2D eigenvalue weighted by Gasteiger charge is -2.12. The second kappa shape index (κ2) is 3.69. The lowest BCUT2D eigenvalue weighted by atomic mass is 10.4. The summed E-state index contributed by atoms with van der Waals surface area (Å²) < 4.78 is 0. The van der Waals surface area contributed by atoms with Gasteiger partial charge in [-0.25, -0.2) is 0 Å². The van der Waals surface area contributed by atoms with Crippen LogP contribution in [0.15, 0.2) is 30.3 Å². The molecule has 0 amide bonds. The molecule has 1 nitrogen and oxygen atoms in total. The third-order valence-electron chi connectivity index (χ3n) is 1.90. The molecule has 0 bridgehead atoms. The van der Waals surface area contributed by atoms with Crippen LogP contribution in [-0.4, -0.2) is 8.96 Å². The molecule has 1 aromatic carbocycles. The monoisotopic (exact) mass is 165 g/mol. The van der Waals surface area contributed by atoms with Crippen LogP contribution < -0.4 is 10.6 Å². The molecule has 1 rings (SSSR count). The molecule has 0 radical (unpaired) electrons. The van der Waals surface area contributed by atoms with Crippen molar-refractivity contribution in [3.05, 3.63) is 30.3 Å². The van der Waals surface area contributed by atoms with Gasteiger partial charge >= 0.3 is 0 Å². The predicted octanol–water partition coefficient (Wildman–Crippen LogP) is 0.986. The predicted molar refractivity (Wildman–Crippen MR) is 52.5 cm³/mol. The number of hydrogen-bond donors (Lipinski definition) is 1. The summed E-state index contributed by atoms with van der Waals surface area (Å²) in [5.41, 5.74) is 0.650. The molecule has 0 aliphatic heterocycles. The van der Waals surface area contributed by atoms with E-state index in [9.17, 15) is 0 Å². The maximum absolute atomic E-state index is 6.08. The van der Waals surface area contributed by atoms with Gasteiger partial charge in [-0.05, 0) is 10.7 Å². The second-order valence-electron chi connectivity index (χ2n) is 3.18. The zero-order valence-corrected chi connectivity index (χ0v) is 8.27. The van der Waals surface area contributed by atoms with Gasteiger partial charge in [0, 0.05) is 0 Å². The van der Waals surface area contributed by atoms with E-state index in [1.165, 1.54) is 5.19 Å². The van der Waals surface area contributed by atoms with Crippen LogP contribution >= 0.6 is 0 Å². The van der Waals surface area contributed by atoms with Crippen LogP contribution in [0.4, 0.5) is 0 Å². The summed E-state index contributed by atoms with van der Waals surface area (Å²) >= 11 is 0. The number of rotatable bonds is 2. The molecule has 11 heavy (non-hydrogen) atoms. The maximum Gasteiger partial charge on any atom is 0.141 e. The summed E-state index contributed by atoms with van der Waals surface area (Å²) in [7, 11) is -1.13.